The first-order valence-electron chi connectivity index (χ1n) is 7.95. The maximum atomic E-state index is 14.1. The molecule has 0 fully saturated rings. The number of non-ortho nitro benzene ring substituents is 1. The summed E-state index contributed by atoms with van der Waals surface area (Å²) in [5.41, 5.74) is 0.908. The Morgan fingerprint density at radius 3 is 2.81 bits per heavy atom. The number of rotatable bonds is 4. The van der Waals surface area contributed by atoms with Crippen LogP contribution in [0.15, 0.2) is 53.5 Å². The van der Waals surface area contributed by atoms with Crippen molar-refractivity contribution in [1.82, 2.24) is 0 Å². The van der Waals surface area contributed by atoms with Crippen molar-refractivity contribution in [1.29, 1.82) is 0 Å². The van der Waals surface area contributed by atoms with Gasteiger partial charge in [0, 0.05) is 23.7 Å². The summed E-state index contributed by atoms with van der Waals surface area (Å²) in [6.07, 6.45) is 4.70. The highest BCUT2D eigenvalue weighted by molar-refractivity contribution is 7.20. The Bertz CT molecular complexity index is 1070. The first kappa shape index (κ1) is 16.4. The molecule has 0 N–H and O–H groups in total. The summed E-state index contributed by atoms with van der Waals surface area (Å²) >= 11 is 1.58. The van der Waals surface area contributed by atoms with Crippen LogP contribution in [0.1, 0.15) is 11.3 Å². The van der Waals surface area contributed by atoms with Gasteiger partial charge in [0.25, 0.3) is 5.69 Å². The summed E-state index contributed by atoms with van der Waals surface area (Å²) in [4.78, 5) is 15.4. The van der Waals surface area contributed by atoms with Gasteiger partial charge in [-0.25, -0.2) is 4.39 Å². The van der Waals surface area contributed by atoms with Crippen LogP contribution in [-0.4, -0.2) is 17.7 Å². The zero-order valence-electron chi connectivity index (χ0n) is 13.5. The summed E-state index contributed by atoms with van der Waals surface area (Å²) in [7, 11) is 0. The Labute approximate surface area is 152 Å². The van der Waals surface area contributed by atoms with Gasteiger partial charge in [-0.3, -0.25) is 15.1 Å². The number of thiophene rings is 1. The first-order valence-corrected chi connectivity index (χ1v) is 8.77. The number of fused-ring (bicyclic) bond motifs is 1. The molecule has 26 heavy (non-hydrogen) atoms. The van der Waals surface area contributed by atoms with Gasteiger partial charge in [-0.05, 0) is 41.7 Å². The molecular formula is C19H13FN2O3S. The zero-order chi connectivity index (χ0) is 18.1. The fourth-order valence-electron chi connectivity index (χ4n) is 2.77. The lowest BCUT2D eigenvalue weighted by Gasteiger charge is -2.07. The highest BCUT2D eigenvalue weighted by Gasteiger charge is 2.15. The standard InChI is InChI=1S/C19H13FN2O3S/c20-15-11-14(22(23)24)4-5-16(15)25-17-3-1-2-13-10-18(26-19(13)17)12-6-8-21-9-7-12/h1-6,8,10-11H,7,9H2. The van der Waals surface area contributed by atoms with Crippen LogP contribution in [0.25, 0.3) is 15.7 Å². The molecule has 0 saturated carbocycles. The van der Waals surface area contributed by atoms with Crippen LogP contribution in [-0.2, 0) is 0 Å². The summed E-state index contributed by atoms with van der Waals surface area (Å²) in [5.74, 6) is -0.280. The molecule has 130 valence electrons. The average molecular weight is 368 g/mol. The van der Waals surface area contributed by atoms with Gasteiger partial charge in [-0.2, -0.15) is 0 Å². The van der Waals surface area contributed by atoms with Gasteiger partial charge in [-0.15, -0.1) is 11.3 Å². The van der Waals surface area contributed by atoms with Gasteiger partial charge in [0.05, 0.1) is 15.7 Å². The van der Waals surface area contributed by atoms with E-state index in [0.29, 0.717) is 5.75 Å². The molecule has 1 aliphatic heterocycles. The molecular weight excluding hydrogens is 355 g/mol. The van der Waals surface area contributed by atoms with Crippen molar-refractivity contribution in [2.24, 2.45) is 4.99 Å². The number of hydrogen-bond acceptors (Lipinski definition) is 5. The molecule has 7 heteroatoms. The van der Waals surface area contributed by atoms with Crippen LogP contribution in [0.5, 0.6) is 11.5 Å². The Hall–Kier alpha value is -3.06. The zero-order valence-corrected chi connectivity index (χ0v) is 14.3. The highest BCUT2D eigenvalue weighted by atomic mass is 32.1. The number of nitrogens with zero attached hydrogens (tertiary/aromatic N) is 2. The van der Waals surface area contributed by atoms with E-state index in [-0.39, 0.29) is 11.4 Å². The number of hydrogen-bond donors (Lipinski definition) is 0. The summed E-state index contributed by atoms with van der Waals surface area (Å²) < 4.78 is 20.8. The molecule has 1 aromatic heterocycles. The maximum Gasteiger partial charge on any atom is 0.272 e. The topological polar surface area (TPSA) is 64.7 Å². The summed E-state index contributed by atoms with van der Waals surface area (Å²) in [5, 5.41) is 11.7. The number of nitro groups is 1. The van der Waals surface area contributed by atoms with Gasteiger partial charge < -0.3 is 4.74 Å². The van der Waals surface area contributed by atoms with E-state index in [2.05, 4.69) is 11.1 Å². The lowest BCUT2D eigenvalue weighted by atomic mass is 10.1. The van der Waals surface area contributed by atoms with Crippen LogP contribution in [0.3, 0.4) is 0 Å². The molecule has 3 aromatic rings. The Kier molecular flexibility index (Phi) is 4.22. The summed E-state index contributed by atoms with van der Waals surface area (Å²) in [6, 6.07) is 11.0. The Morgan fingerprint density at radius 1 is 1.19 bits per heavy atom. The lowest BCUT2D eigenvalue weighted by molar-refractivity contribution is -0.385. The van der Waals surface area contributed by atoms with E-state index >= 15 is 0 Å². The third-order valence-electron chi connectivity index (χ3n) is 4.06. The van der Waals surface area contributed by atoms with Crippen molar-refractivity contribution in [3.05, 3.63) is 69.3 Å². The highest BCUT2D eigenvalue weighted by Crippen LogP contribution is 2.40. The lowest BCUT2D eigenvalue weighted by Crippen LogP contribution is -1.92. The molecule has 1 aliphatic rings. The molecule has 0 amide bonds. The molecule has 0 spiro atoms. The second-order valence-electron chi connectivity index (χ2n) is 5.76. The number of dihydropyridines is 1. The second kappa shape index (κ2) is 6.68. The summed E-state index contributed by atoms with van der Waals surface area (Å²) in [6.45, 7) is 0.775. The van der Waals surface area contributed by atoms with E-state index in [1.165, 1.54) is 17.7 Å². The smallest absolute Gasteiger partial charge is 0.272 e. The minimum absolute atomic E-state index is 0.0398. The third kappa shape index (κ3) is 3.09. The van der Waals surface area contributed by atoms with E-state index in [0.717, 1.165) is 34.0 Å². The molecule has 2 aromatic carbocycles. The normalized spacial score (nSPS) is 13.7. The van der Waals surface area contributed by atoms with Gasteiger partial charge in [0.15, 0.2) is 11.6 Å². The van der Waals surface area contributed by atoms with Gasteiger partial charge in [-0.1, -0.05) is 12.1 Å². The van der Waals surface area contributed by atoms with E-state index in [1.807, 2.05) is 24.4 Å². The number of halogens is 1. The van der Waals surface area contributed by atoms with Crippen molar-refractivity contribution in [2.45, 2.75) is 6.42 Å². The van der Waals surface area contributed by atoms with E-state index in [1.54, 1.807) is 17.4 Å². The van der Waals surface area contributed by atoms with Crippen molar-refractivity contribution >= 4 is 38.9 Å². The largest absolute Gasteiger partial charge is 0.453 e. The fourth-order valence-corrected chi connectivity index (χ4v) is 3.93. The number of allylic oxidation sites excluding steroid dienone is 1. The molecule has 0 bridgehead atoms. The Morgan fingerprint density at radius 2 is 2.08 bits per heavy atom. The SMILES string of the molecule is O=[N+]([O-])c1ccc(Oc2cccc3cc(C4=CC=NCC4)sc23)c(F)c1. The van der Waals surface area contributed by atoms with Crippen LogP contribution in [0, 0.1) is 15.9 Å². The van der Waals surface area contributed by atoms with Crippen LogP contribution in [0.4, 0.5) is 10.1 Å². The third-order valence-corrected chi connectivity index (χ3v) is 5.30. The minimum atomic E-state index is -0.765. The van der Waals surface area contributed by atoms with Crippen molar-refractivity contribution < 1.29 is 14.1 Å². The predicted octanol–water partition coefficient (Wildman–Crippen LogP) is 5.60. The van der Waals surface area contributed by atoms with E-state index in [9.17, 15) is 14.5 Å². The number of aliphatic imine (C=N–C) groups is 1. The Balaban J connectivity index is 1.71. The van der Waals surface area contributed by atoms with Crippen molar-refractivity contribution in [2.75, 3.05) is 6.54 Å². The van der Waals surface area contributed by atoms with Crippen LogP contribution < -0.4 is 4.74 Å². The molecule has 0 unspecified atom stereocenters. The second-order valence-corrected chi connectivity index (χ2v) is 6.81. The molecule has 0 saturated heterocycles. The number of benzene rings is 2. The monoisotopic (exact) mass is 368 g/mol. The average Bonchev–Trinajstić information content (AvgIpc) is 3.09. The van der Waals surface area contributed by atoms with Crippen LogP contribution in [0.2, 0.25) is 0 Å². The molecule has 4 rings (SSSR count). The van der Waals surface area contributed by atoms with E-state index in [4.69, 9.17) is 4.74 Å². The maximum absolute atomic E-state index is 14.1. The molecule has 2 heterocycles. The first-order chi connectivity index (χ1) is 12.6. The van der Waals surface area contributed by atoms with Crippen molar-refractivity contribution in [3.63, 3.8) is 0 Å². The van der Waals surface area contributed by atoms with Gasteiger partial charge in [0.2, 0.25) is 0 Å². The van der Waals surface area contributed by atoms with Crippen molar-refractivity contribution in [3.8, 4) is 11.5 Å². The number of ether oxygens (including phenoxy) is 1. The minimum Gasteiger partial charge on any atom is -0.453 e. The van der Waals surface area contributed by atoms with Gasteiger partial charge >= 0.3 is 0 Å². The van der Waals surface area contributed by atoms with Gasteiger partial charge in [0.1, 0.15) is 5.75 Å². The molecule has 0 radical (unpaired) electrons. The fraction of sp³-hybridized carbons (Fsp3) is 0.105. The van der Waals surface area contributed by atoms with Crippen LogP contribution >= 0.6 is 11.3 Å². The molecule has 0 atom stereocenters. The molecule has 5 nitrogen and oxygen atoms in total. The predicted molar refractivity (Wildman–Crippen MR) is 101 cm³/mol. The molecule has 0 aliphatic carbocycles. The number of nitro benzene ring substituents is 1. The quantitative estimate of drug-likeness (QED) is 0.445. The van der Waals surface area contributed by atoms with E-state index < -0.39 is 10.7 Å².